The van der Waals surface area contributed by atoms with Crippen LogP contribution in [0.1, 0.15) is 23.8 Å². The van der Waals surface area contributed by atoms with Crippen molar-refractivity contribution in [3.63, 3.8) is 0 Å². The van der Waals surface area contributed by atoms with E-state index in [0.717, 1.165) is 0 Å². The largest absolute Gasteiger partial charge is 0.391 e. The molecule has 0 saturated heterocycles. The summed E-state index contributed by atoms with van der Waals surface area (Å²) >= 11 is 0. The van der Waals surface area contributed by atoms with Crippen LogP contribution in [0.5, 0.6) is 0 Å². The zero-order chi connectivity index (χ0) is 13.8. The maximum atomic E-state index is 12.2. The molecule has 4 nitrogen and oxygen atoms in total. The summed E-state index contributed by atoms with van der Waals surface area (Å²) in [4.78, 5) is 15.1. The van der Waals surface area contributed by atoms with Gasteiger partial charge in [-0.2, -0.15) is 13.2 Å². The second-order valence-corrected chi connectivity index (χ2v) is 3.87. The molecular formula is C11H14F3N3O. The third-order valence-corrected chi connectivity index (χ3v) is 2.17. The van der Waals surface area contributed by atoms with Crippen LogP contribution in [-0.2, 0) is 0 Å². The number of hydrogen-bond donors (Lipinski definition) is 2. The lowest BCUT2D eigenvalue weighted by Gasteiger charge is -2.17. The molecule has 100 valence electrons. The Balaban J connectivity index is 2.70. The number of anilines is 1. The lowest BCUT2D eigenvalue weighted by atomic mass is 10.2. The highest BCUT2D eigenvalue weighted by molar-refractivity contribution is 5.92. The number of aromatic nitrogens is 1. The van der Waals surface area contributed by atoms with Gasteiger partial charge in [-0.25, -0.2) is 0 Å². The Kier molecular flexibility index (Phi) is 4.52. The molecule has 1 heterocycles. The summed E-state index contributed by atoms with van der Waals surface area (Å²) in [6, 6.07) is 2.15. The molecule has 1 rings (SSSR count). The van der Waals surface area contributed by atoms with Crippen LogP contribution in [0, 0.1) is 0 Å². The molecule has 1 amide bonds. The first kappa shape index (κ1) is 14.3. The number of pyridine rings is 1. The highest BCUT2D eigenvalue weighted by atomic mass is 19.4. The zero-order valence-corrected chi connectivity index (χ0v) is 10.0. The Morgan fingerprint density at radius 3 is 2.72 bits per heavy atom. The van der Waals surface area contributed by atoms with Crippen LogP contribution < -0.4 is 10.6 Å². The van der Waals surface area contributed by atoms with E-state index in [2.05, 4.69) is 15.6 Å². The van der Waals surface area contributed by atoms with Crippen molar-refractivity contribution in [3.8, 4) is 0 Å². The van der Waals surface area contributed by atoms with Crippen LogP contribution in [-0.4, -0.2) is 30.2 Å². The molecule has 0 aliphatic carbocycles. The number of nitrogens with zero attached hydrogens (tertiary/aromatic N) is 1. The van der Waals surface area contributed by atoms with Gasteiger partial charge in [-0.1, -0.05) is 0 Å². The van der Waals surface area contributed by atoms with E-state index >= 15 is 0 Å². The molecule has 0 fully saturated rings. The van der Waals surface area contributed by atoms with Crippen LogP contribution in [0.3, 0.4) is 0 Å². The smallest absolute Gasteiger partial charge is 0.382 e. The van der Waals surface area contributed by atoms with Gasteiger partial charge in [0.25, 0.3) is 5.91 Å². The fourth-order valence-electron chi connectivity index (χ4n) is 1.46. The lowest BCUT2D eigenvalue weighted by Crippen LogP contribution is -2.24. The Bertz CT molecular complexity index is 420. The Morgan fingerprint density at radius 2 is 2.17 bits per heavy atom. The highest BCUT2D eigenvalue weighted by Gasteiger charge is 2.29. The minimum absolute atomic E-state index is 0.154. The molecule has 0 spiro atoms. The molecular weight excluding hydrogens is 247 g/mol. The topological polar surface area (TPSA) is 54.0 Å². The van der Waals surface area contributed by atoms with E-state index in [4.69, 9.17) is 0 Å². The molecule has 1 aromatic rings. The van der Waals surface area contributed by atoms with Crippen molar-refractivity contribution in [2.24, 2.45) is 0 Å². The van der Waals surface area contributed by atoms with E-state index in [1.54, 1.807) is 0 Å². The third kappa shape index (κ3) is 4.60. The van der Waals surface area contributed by atoms with Crippen LogP contribution >= 0.6 is 0 Å². The molecule has 0 bridgehead atoms. The van der Waals surface area contributed by atoms with Gasteiger partial charge in [0.15, 0.2) is 0 Å². The summed E-state index contributed by atoms with van der Waals surface area (Å²) in [5.74, 6) is -0.387. The van der Waals surface area contributed by atoms with E-state index in [9.17, 15) is 18.0 Å². The second-order valence-electron chi connectivity index (χ2n) is 3.87. The molecule has 18 heavy (non-hydrogen) atoms. The maximum Gasteiger partial charge on any atom is 0.391 e. The number of rotatable bonds is 4. The predicted molar refractivity (Wildman–Crippen MR) is 61.4 cm³/mol. The number of carbonyl (C=O) groups is 1. The Morgan fingerprint density at radius 1 is 1.50 bits per heavy atom. The van der Waals surface area contributed by atoms with E-state index in [1.807, 2.05) is 0 Å². The fraction of sp³-hybridized carbons (Fsp3) is 0.455. The van der Waals surface area contributed by atoms with Gasteiger partial charge in [0.2, 0.25) is 0 Å². The molecule has 0 saturated carbocycles. The number of nitrogens with one attached hydrogen (secondary N) is 2. The molecule has 0 radical (unpaired) electrons. The average Bonchev–Trinajstić information content (AvgIpc) is 2.25. The quantitative estimate of drug-likeness (QED) is 0.873. The van der Waals surface area contributed by atoms with Gasteiger partial charge >= 0.3 is 6.18 Å². The monoisotopic (exact) mass is 261 g/mol. The SMILES string of the molecule is CNC(=O)c1cc(NC(C)CC(F)(F)F)ccn1. The van der Waals surface area contributed by atoms with Gasteiger partial charge in [-0.05, 0) is 19.1 Å². The van der Waals surface area contributed by atoms with Gasteiger partial charge in [0.05, 0.1) is 6.42 Å². The van der Waals surface area contributed by atoms with E-state index in [-0.39, 0.29) is 11.6 Å². The summed E-state index contributed by atoms with van der Waals surface area (Å²) < 4.78 is 36.5. The number of halogens is 3. The van der Waals surface area contributed by atoms with Crippen LogP contribution in [0.25, 0.3) is 0 Å². The molecule has 0 aliphatic heterocycles. The third-order valence-electron chi connectivity index (χ3n) is 2.17. The van der Waals surface area contributed by atoms with E-state index in [0.29, 0.717) is 5.69 Å². The second kappa shape index (κ2) is 5.70. The molecule has 1 aromatic heterocycles. The molecule has 0 aliphatic rings. The fourth-order valence-corrected chi connectivity index (χ4v) is 1.46. The van der Waals surface area contributed by atoms with Crippen LogP contribution in [0.4, 0.5) is 18.9 Å². The van der Waals surface area contributed by atoms with Crippen LogP contribution in [0.2, 0.25) is 0 Å². The first-order valence-corrected chi connectivity index (χ1v) is 5.33. The lowest BCUT2D eigenvalue weighted by molar-refractivity contribution is -0.136. The van der Waals surface area contributed by atoms with Gasteiger partial charge in [0, 0.05) is 25.0 Å². The Hall–Kier alpha value is -1.79. The summed E-state index contributed by atoms with van der Waals surface area (Å²) in [6.07, 6.45) is -3.79. The van der Waals surface area contributed by atoms with Crippen molar-refractivity contribution in [3.05, 3.63) is 24.0 Å². The van der Waals surface area contributed by atoms with Gasteiger partial charge in [-0.15, -0.1) is 0 Å². The van der Waals surface area contributed by atoms with Crippen molar-refractivity contribution in [1.29, 1.82) is 0 Å². The highest BCUT2D eigenvalue weighted by Crippen LogP contribution is 2.23. The molecule has 2 N–H and O–H groups in total. The molecule has 0 aromatic carbocycles. The minimum atomic E-state index is -4.22. The molecule has 1 atom stereocenters. The van der Waals surface area contributed by atoms with Crippen molar-refractivity contribution in [2.75, 3.05) is 12.4 Å². The number of hydrogen-bond acceptors (Lipinski definition) is 3. The zero-order valence-electron chi connectivity index (χ0n) is 10.0. The first-order chi connectivity index (χ1) is 8.31. The number of amides is 1. The van der Waals surface area contributed by atoms with Crippen LogP contribution in [0.15, 0.2) is 18.3 Å². The first-order valence-electron chi connectivity index (χ1n) is 5.33. The standard InChI is InChI=1S/C11H14F3N3O/c1-7(6-11(12,13)14)17-8-3-4-16-9(5-8)10(18)15-2/h3-5,7H,6H2,1-2H3,(H,15,18)(H,16,17). The normalized spacial score (nSPS) is 12.9. The van der Waals surface area contributed by atoms with Crippen molar-refractivity contribution in [2.45, 2.75) is 25.6 Å². The molecule has 7 heteroatoms. The molecule has 1 unspecified atom stereocenters. The number of carbonyl (C=O) groups excluding carboxylic acids is 1. The van der Waals surface area contributed by atoms with E-state index < -0.39 is 18.6 Å². The average molecular weight is 261 g/mol. The predicted octanol–water partition coefficient (Wildman–Crippen LogP) is 2.19. The summed E-state index contributed by atoms with van der Waals surface area (Å²) in [6.45, 7) is 1.42. The summed E-state index contributed by atoms with van der Waals surface area (Å²) in [5, 5.41) is 5.07. The maximum absolute atomic E-state index is 12.2. The van der Waals surface area contributed by atoms with Crippen molar-refractivity contribution < 1.29 is 18.0 Å². The summed E-state index contributed by atoms with van der Waals surface area (Å²) in [7, 11) is 1.45. The van der Waals surface area contributed by atoms with Crippen molar-refractivity contribution >= 4 is 11.6 Å². The number of alkyl halides is 3. The van der Waals surface area contributed by atoms with Gasteiger partial charge < -0.3 is 10.6 Å². The van der Waals surface area contributed by atoms with Crippen molar-refractivity contribution in [1.82, 2.24) is 10.3 Å². The minimum Gasteiger partial charge on any atom is -0.382 e. The Labute approximate surface area is 103 Å². The van der Waals surface area contributed by atoms with Gasteiger partial charge in [-0.3, -0.25) is 9.78 Å². The van der Waals surface area contributed by atoms with Gasteiger partial charge in [0.1, 0.15) is 5.69 Å². The van der Waals surface area contributed by atoms with E-state index in [1.165, 1.54) is 32.3 Å². The summed E-state index contributed by atoms with van der Waals surface area (Å²) in [5.41, 5.74) is 0.585.